The molecule has 1 unspecified atom stereocenters. The Morgan fingerprint density at radius 2 is 2.13 bits per heavy atom. The monoisotopic (exact) mass is 213 g/mol. The normalized spacial score (nSPS) is 13.3. The lowest BCUT2D eigenvalue weighted by Gasteiger charge is -2.25. The van der Waals surface area contributed by atoms with Gasteiger partial charge in [0.15, 0.2) is 0 Å². The first-order valence-electron chi connectivity index (χ1n) is 5.41. The molecule has 88 valence electrons. The number of nitrogens with one attached hydrogen (secondary N) is 1. The van der Waals surface area contributed by atoms with Crippen molar-refractivity contribution < 1.29 is 9.53 Å². The van der Waals surface area contributed by atoms with Gasteiger partial charge in [-0.2, -0.15) is 0 Å². The molecule has 0 heterocycles. The summed E-state index contributed by atoms with van der Waals surface area (Å²) in [6.07, 6.45) is 2.51. The van der Waals surface area contributed by atoms with Crippen LogP contribution in [-0.2, 0) is 9.53 Å². The highest BCUT2D eigenvalue weighted by molar-refractivity contribution is 5.75. The number of hydrogen-bond acceptors (Lipinski definition) is 3. The molecular formula is C12H23NO2. The van der Waals surface area contributed by atoms with Gasteiger partial charge in [0.1, 0.15) is 6.04 Å². The van der Waals surface area contributed by atoms with Crippen molar-refractivity contribution in [2.24, 2.45) is 5.41 Å². The molecule has 0 saturated heterocycles. The predicted molar refractivity (Wildman–Crippen MR) is 62.7 cm³/mol. The van der Waals surface area contributed by atoms with E-state index >= 15 is 0 Å². The molecule has 0 spiro atoms. The minimum Gasteiger partial charge on any atom is -0.465 e. The predicted octanol–water partition coefficient (Wildman–Crippen LogP) is 2.13. The van der Waals surface area contributed by atoms with Crippen LogP contribution in [0.5, 0.6) is 0 Å². The topological polar surface area (TPSA) is 38.3 Å². The average molecular weight is 213 g/mol. The smallest absolute Gasteiger partial charge is 0.323 e. The third-order valence-corrected chi connectivity index (χ3v) is 1.90. The van der Waals surface area contributed by atoms with Crippen LogP contribution in [0.1, 0.15) is 34.1 Å². The Kier molecular flexibility index (Phi) is 6.25. The van der Waals surface area contributed by atoms with E-state index in [0.717, 1.165) is 6.42 Å². The van der Waals surface area contributed by atoms with E-state index in [1.165, 1.54) is 0 Å². The maximum Gasteiger partial charge on any atom is 0.323 e. The first-order chi connectivity index (χ1) is 6.90. The zero-order valence-corrected chi connectivity index (χ0v) is 10.3. The highest BCUT2D eigenvalue weighted by Crippen LogP contribution is 2.21. The van der Waals surface area contributed by atoms with Crippen molar-refractivity contribution in [1.82, 2.24) is 5.32 Å². The minimum atomic E-state index is -0.233. The fourth-order valence-corrected chi connectivity index (χ4v) is 1.32. The second kappa shape index (κ2) is 6.62. The lowest BCUT2D eigenvalue weighted by molar-refractivity contribution is -0.146. The number of esters is 1. The molecule has 15 heavy (non-hydrogen) atoms. The summed E-state index contributed by atoms with van der Waals surface area (Å²) in [5.74, 6) is -0.172. The summed E-state index contributed by atoms with van der Waals surface area (Å²) >= 11 is 0. The molecule has 0 aromatic rings. The van der Waals surface area contributed by atoms with Crippen molar-refractivity contribution in [2.45, 2.75) is 40.2 Å². The molecule has 0 aliphatic carbocycles. The Morgan fingerprint density at radius 3 is 2.53 bits per heavy atom. The van der Waals surface area contributed by atoms with Crippen LogP contribution >= 0.6 is 0 Å². The molecule has 0 aromatic heterocycles. The summed E-state index contributed by atoms with van der Waals surface area (Å²) in [5, 5.41) is 3.12. The molecule has 0 saturated carbocycles. The van der Waals surface area contributed by atoms with E-state index in [9.17, 15) is 4.79 Å². The van der Waals surface area contributed by atoms with Crippen LogP contribution in [0, 0.1) is 5.41 Å². The van der Waals surface area contributed by atoms with Crippen LogP contribution < -0.4 is 5.32 Å². The van der Waals surface area contributed by atoms with E-state index in [4.69, 9.17) is 4.74 Å². The third kappa shape index (κ3) is 7.14. The molecule has 1 atom stereocenters. The Bertz CT molecular complexity index is 206. The van der Waals surface area contributed by atoms with E-state index in [-0.39, 0.29) is 17.4 Å². The van der Waals surface area contributed by atoms with Gasteiger partial charge in [-0.25, -0.2) is 0 Å². The Balaban J connectivity index is 4.29. The van der Waals surface area contributed by atoms with Crippen LogP contribution in [0.3, 0.4) is 0 Å². The second-order valence-corrected chi connectivity index (χ2v) is 4.77. The average Bonchev–Trinajstić information content (AvgIpc) is 2.10. The van der Waals surface area contributed by atoms with Crippen molar-refractivity contribution in [2.75, 3.05) is 13.2 Å². The maximum atomic E-state index is 11.6. The van der Waals surface area contributed by atoms with E-state index in [2.05, 4.69) is 32.7 Å². The van der Waals surface area contributed by atoms with Gasteiger partial charge >= 0.3 is 5.97 Å². The van der Waals surface area contributed by atoms with E-state index in [0.29, 0.717) is 13.2 Å². The Hall–Kier alpha value is -0.830. The third-order valence-electron chi connectivity index (χ3n) is 1.90. The zero-order chi connectivity index (χ0) is 11.9. The molecule has 0 aliphatic heterocycles. The van der Waals surface area contributed by atoms with Crippen LogP contribution in [-0.4, -0.2) is 25.2 Å². The van der Waals surface area contributed by atoms with Gasteiger partial charge in [0.2, 0.25) is 0 Å². The van der Waals surface area contributed by atoms with E-state index < -0.39 is 0 Å². The van der Waals surface area contributed by atoms with Gasteiger partial charge in [0.05, 0.1) is 6.61 Å². The summed E-state index contributed by atoms with van der Waals surface area (Å²) in [5.41, 5.74) is 0.103. The maximum absolute atomic E-state index is 11.6. The zero-order valence-electron chi connectivity index (χ0n) is 10.3. The quantitative estimate of drug-likeness (QED) is 0.542. The SMILES string of the molecule is C=CCNC(CC(C)(C)C)C(=O)OCC. The lowest BCUT2D eigenvalue weighted by Crippen LogP contribution is -2.40. The van der Waals surface area contributed by atoms with Gasteiger partial charge < -0.3 is 10.1 Å². The Morgan fingerprint density at radius 1 is 1.53 bits per heavy atom. The lowest BCUT2D eigenvalue weighted by atomic mass is 9.88. The molecule has 0 bridgehead atoms. The molecule has 0 amide bonds. The van der Waals surface area contributed by atoms with Gasteiger partial charge in [0.25, 0.3) is 0 Å². The first-order valence-corrected chi connectivity index (χ1v) is 5.41. The molecule has 3 nitrogen and oxygen atoms in total. The molecule has 1 N–H and O–H groups in total. The second-order valence-electron chi connectivity index (χ2n) is 4.77. The highest BCUT2D eigenvalue weighted by atomic mass is 16.5. The van der Waals surface area contributed by atoms with Crippen molar-refractivity contribution >= 4 is 5.97 Å². The van der Waals surface area contributed by atoms with Crippen molar-refractivity contribution in [3.8, 4) is 0 Å². The van der Waals surface area contributed by atoms with Crippen molar-refractivity contribution in [1.29, 1.82) is 0 Å². The number of rotatable bonds is 6. The fraction of sp³-hybridized carbons (Fsp3) is 0.750. The molecular weight excluding hydrogens is 190 g/mol. The summed E-state index contributed by atoms with van der Waals surface area (Å²) < 4.78 is 5.01. The van der Waals surface area contributed by atoms with Gasteiger partial charge in [-0.15, -0.1) is 6.58 Å². The standard InChI is InChI=1S/C12H23NO2/c1-6-8-13-10(9-12(3,4)5)11(14)15-7-2/h6,10,13H,1,7-9H2,2-5H3. The number of hydrogen-bond donors (Lipinski definition) is 1. The molecule has 0 radical (unpaired) electrons. The number of ether oxygens (including phenoxy) is 1. The van der Waals surface area contributed by atoms with Crippen LogP contribution in [0.2, 0.25) is 0 Å². The molecule has 0 aromatic carbocycles. The number of carbonyl (C=O) groups excluding carboxylic acids is 1. The van der Waals surface area contributed by atoms with Crippen LogP contribution in [0.25, 0.3) is 0 Å². The van der Waals surface area contributed by atoms with Gasteiger partial charge in [-0.3, -0.25) is 4.79 Å². The van der Waals surface area contributed by atoms with Crippen LogP contribution in [0.15, 0.2) is 12.7 Å². The minimum absolute atomic E-state index is 0.103. The van der Waals surface area contributed by atoms with Gasteiger partial charge in [0, 0.05) is 6.54 Å². The van der Waals surface area contributed by atoms with E-state index in [1.54, 1.807) is 6.08 Å². The van der Waals surface area contributed by atoms with Gasteiger partial charge in [-0.1, -0.05) is 26.8 Å². The largest absolute Gasteiger partial charge is 0.465 e. The molecule has 0 rings (SSSR count). The summed E-state index contributed by atoms with van der Waals surface area (Å²) in [6.45, 7) is 12.8. The molecule has 0 fully saturated rings. The van der Waals surface area contributed by atoms with E-state index in [1.807, 2.05) is 6.92 Å². The summed E-state index contributed by atoms with van der Waals surface area (Å²) in [6, 6.07) is -0.233. The van der Waals surface area contributed by atoms with Crippen molar-refractivity contribution in [3.05, 3.63) is 12.7 Å². The Labute approximate surface area is 92.9 Å². The van der Waals surface area contributed by atoms with Crippen molar-refractivity contribution in [3.63, 3.8) is 0 Å². The van der Waals surface area contributed by atoms with Crippen LogP contribution in [0.4, 0.5) is 0 Å². The first kappa shape index (κ1) is 14.2. The fourth-order valence-electron chi connectivity index (χ4n) is 1.32. The molecule has 0 aliphatic rings. The van der Waals surface area contributed by atoms with Gasteiger partial charge in [-0.05, 0) is 18.8 Å². The highest BCUT2D eigenvalue weighted by Gasteiger charge is 2.24. The summed E-state index contributed by atoms with van der Waals surface area (Å²) in [4.78, 5) is 11.6. The number of carbonyl (C=O) groups is 1. The molecule has 3 heteroatoms. The summed E-state index contributed by atoms with van der Waals surface area (Å²) in [7, 11) is 0.